The highest BCUT2D eigenvalue weighted by molar-refractivity contribution is 9.10. The topological polar surface area (TPSA) is 34.0 Å². The number of hydrogen-bond donors (Lipinski definition) is 1. The molecule has 1 unspecified atom stereocenters. The first kappa shape index (κ1) is 16.3. The van der Waals surface area contributed by atoms with E-state index in [1.54, 1.807) is 0 Å². The van der Waals surface area contributed by atoms with Crippen molar-refractivity contribution in [2.45, 2.75) is 32.9 Å². The van der Waals surface area contributed by atoms with Gasteiger partial charge in [-0.15, -0.1) is 0 Å². The SMILES string of the molecule is CCCn1cc(Br)cc1C(=O)NC(C)c1ccccc1Br. The quantitative estimate of drug-likeness (QED) is 0.741. The Kier molecular flexibility index (Phi) is 5.65. The van der Waals surface area contributed by atoms with Crippen LogP contribution in [0.3, 0.4) is 0 Å². The van der Waals surface area contributed by atoms with Gasteiger partial charge in [-0.1, -0.05) is 41.1 Å². The first-order valence-electron chi connectivity index (χ1n) is 6.94. The van der Waals surface area contributed by atoms with E-state index in [4.69, 9.17) is 0 Å². The number of nitrogens with zero attached hydrogens (tertiary/aromatic N) is 1. The van der Waals surface area contributed by atoms with Crippen LogP contribution in [-0.2, 0) is 6.54 Å². The molecule has 3 nitrogen and oxygen atoms in total. The van der Waals surface area contributed by atoms with Gasteiger partial charge in [0.25, 0.3) is 5.91 Å². The molecule has 21 heavy (non-hydrogen) atoms. The maximum atomic E-state index is 12.5. The third-order valence-electron chi connectivity index (χ3n) is 3.28. The van der Waals surface area contributed by atoms with Crippen molar-refractivity contribution in [3.63, 3.8) is 0 Å². The normalized spacial score (nSPS) is 12.2. The van der Waals surface area contributed by atoms with E-state index >= 15 is 0 Å². The number of benzene rings is 1. The fourth-order valence-electron chi connectivity index (χ4n) is 2.27. The van der Waals surface area contributed by atoms with Gasteiger partial charge in [0.1, 0.15) is 5.69 Å². The zero-order chi connectivity index (χ0) is 15.4. The molecule has 0 fully saturated rings. The molecule has 0 aliphatic heterocycles. The zero-order valence-electron chi connectivity index (χ0n) is 12.1. The highest BCUT2D eigenvalue weighted by Crippen LogP contribution is 2.23. The summed E-state index contributed by atoms with van der Waals surface area (Å²) >= 11 is 6.96. The minimum atomic E-state index is -0.0585. The summed E-state index contributed by atoms with van der Waals surface area (Å²) in [6, 6.07) is 9.73. The molecule has 1 aromatic carbocycles. The summed E-state index contributed by atoms with van der Waals surface area (Å²) in [6.07, 6.45) is 2.93. The molecule has 1 aromatic heterocycles. The molecule has 1 amide bonds. The summed E-state index contributed by atoms with van der Waals surface area (Å²) in [5, 5.41) is 3.05. The van der Waals surface area contributed by atoms with Crippen molar-refractivity contribution < 1.29 is 4.79 Å². The van der Waals surface area contributed by atoms with Crippen LogP contribution in [0.2, 0.25) is 0 Å². The molecule has 1 atom stereocenters. The lowest BCUT2D eigenvalue weighted by molar-refractivity contribution is 0.0930. The Balaban J connectivity index is 2.16. The molecule has 0 aliphatic rings. The molecule has 0 radical (unpaired) electrons. The van der Waals surface area contributed by atoms with Gasteiger partial charge in [0.05, 0.1) is 6.04 Å². The van der Waals surface area contributed by atoms with E-state index in [0.29, 0.717) is 5.69 Å². The Morgan fingerprint density at radius 3 is 2.71 bits per heavy atom. The van der Waals surface area contributed by atoms with E-state index in [0.717, 1.165) is 27.5 Å². The van der Waals surface area contributed by atoms with Gasteiger partial charge in [-0.2, -0.15) is 0 Å². The van der Waals surface area contributed by atoms with Crippen molar-refractivity contribution in [2.24, 2.45) is 0 Å². The number of hydrogen-bond acceptors (Lipinski definition) is 1. The van der Waals surface area contributed by atoms with E-state index in [2.05, 4.69) is 44.1 Å². The third-order valence-corrected chi connectivity index (χ3v) is 4.44. The Hall–Kier alpha value is -1.07. The lowest BCUT2D eigenvalue weighted by Gasteiger charge is -2.16. The summed E-state index contributed by atoms with van der Waals surface area (Å²) in [5.41, 5.74) is 1.75. The maximum absolute atomic E-state index is 12.5. The van der Waals surface area contributed by atoms with Crippen LogP contribution in [0.5, 0.6) is 0 Å². The van der Waals surface area contributed by atoms with Crippen molar-refractivity contribution in [2.75, 3.05) is 0 Å². The van der Waals surface area contributed by atoms with Crippen LogP contribution >= 0.6 is 31.9 Å². The molecular weight excluding hydrogens is 396 g/mol. The summed E-state index contributed by atoms with van der Waals surface area (Å²) in [6.45, 7) is 4.91. The summed E-state index contributed by atoms with van der Waals surface area (Å²) < 4.78 is 3.91. The second kappa shape index (κ2) is 7.27. The highest BCUT2D eigenvalue weighted by atomic mass is 79.9. The highest BCUT2D eigenvalue weighted by Gasteiger charge is 2.17. The third kappa shape index (κ3) is 3.98. The fraction of sp³-hybridized carbons (Fsp3) is 0.312. The first-order valence-corrected chi connectivity index (χ1v) is 8.52. The standard InChI is InChI=1S/C16H18Br2N2O/c1-3-8-20-10-12(17)9-15(20)16(21)19-11(2)13-6-4-5-7-14(13)18/h4-7,9-11H,3,8H2,1-2H3,(H,19,21). The van der Waals surface area contributed by atoms with E-state index in [1.807, 2.05) is 48.0 Å². The van der Waals surface area contributed by atoms with Crippen molar-refractivity contribution in [3.8, 4) is 0 Å². The zero-order valence-corrected chi connectivity index (χ0v) is 15.2. The smallest absolute Gasteiger partial charge is 0.268 e. The van der Waals surface area contributed by atoms with Crippen molar-refractivity contribution in [1.82, 2.24) is 9.88 Å². The summed E-state index contributed by atoms with van der Waals surface area (Å²) in [4.78, 5) is 12.5. The Morgan fingerprint density at radius 2 is 2.05 bits per heavy atom. The van der Waals surface area contributed by atoms with Crippen LogP contribution in [-0.4, -0.2) is 10.5 Å². The molecule has 112 valence electrons. The molecule has 2 rings (SSSR count). The molecule has 0 spiro atoms. The van der Waals surface area contributed by atoms with Crippen LogP contribution < -0.4 is 5.32 Å². The molecule has 2 aromatic rings. The molecule has 1 N–H and O–H groups in total. The number of aromatic nitrogens is 1. The molecule has 5 heteroatoms. The van der Waals surface area contributed by atoms with Gasteiger partial charge in [0.2, 0.25) is 0 Å². The minimum Gasteiger partial charge on any atom is -0.344 e. The van der Waals surface area contributed by atoms with Crippen molar-refractivity contribution in [3.05, 3.63) is 56.7 Å². The second-order valence-electron chi connectivity index (χ2n) is 4.95. The van der Waals surface area contributed by atoms with Gasteiger partial charge >= 0.3 is 0 Å². The number of carbonyl (C=O) groups excluding carboxylic acids is 1. The van der Waals surface area contributed by atoms with Crippen LogP contribution in [0.25, 0.3) is 0 Å². The maximum Gasteiger partial charge on any atom is 0.268 e. The average Bonchev–Trinajstić information content (AvgIpc) is 2.80. The Morgan fingerprint density at radius 1 is 1.33 bits per heavy atom. The molecule has 0 saturated heterocycles. The van der Waals surface area contributed by atoms with Crippen LogP contribution in [0.15, 0.2) is 45.5 Å². The van der Waals surface area contributed by atoms with Crippen LogP contribution in [0.4, 0.5) is 0 Å². The van der Waals surface area contributed by atoms with Gasteiger partial charge in [0.15, 0.2) is 0 Å². The summed E-state index contributed by atoms with van der Waals surface area (Å²) in [5.74, 6) is -0.0580. The van der Waals surface area contributed by atoms with E-state index in [9.17, 15) is 4.79 Å². The van der Waals surface area contributed by atoms with Crippen molar-refractivity contribution >= 4 is 37.8 Å². The summed E-state index contributed by atoms with van der Waals surface area (Å²) in [7, 11) is 0. The average molecular weight is 414 g/mol. The number of carbonyl (C=O) groups is 1. The van der Waals surface area contributed by atoms with Gasteiger partial charge in [-0.05, 0) is 47.0 Å². The molecule has 0 aliphatic carbocycles. The van der Waals surface area contributed by atoms with Crippen LogP contribution in [0.1, 0.15) is 42.4 Å². The molecular formula is C16H18Br2N2O. The number of halogens is 2. The molecule has 1 heterocycles. The van der Waals surface area contributed by atoms with Gasteiger partial charge < -0.3 is 9.88 Å². The number of rotatable bonds is 5. The Bertz CT molecular complexity index is 637. The van der Waals surface area contributed by atoms with Crippen LogP contribution in [0, 0.1) is 0 Å². The second-order valence-corrected chi connectivity index (χ2v) is 6.72. The lowest BCUT2D eigenvalue weighted by Crippen LogP contribution is -2.28. The van der Waals surface area contributed by atoms with E-state index in [-0.39, 0.29) is 11.9 Å². The Labute approximate surface area is 142 Å². The number of nitrogens with one attached hydrogen (secondary N) is 1. The lowest BCUT2D eigenvalue weighted by atomic mass is 10.1. The predicted octanol–water partition coefficient (Wildman–Crippen LogP) is 4.91. The largest absolute Gasteiger partial charge is 0.344 e. The molecule has 0 bridgehead atoms. The van der Waals surface area contributed by atoms with Crippen molar-refractivity contribution in [1.29, 1.82) is 0 Å². The number of amides is 1. The van der Waals surface area contributed by atoms with E-state index < -0.39 is 0 Å². The number of aryl methyl sites for hydroxylation is 1. The predicted molar refractivity (Wildman–Crippen MR) is 92.4 cm³/mol. The monoisotopic (exact) mass is 412 g/mol. The molecule has 0 saturated carbocycles. The van der Waals surface area contributed by atoms with E-state index in [1.165, 1.54) is 0 Å². The van der Waals surface area contributed by atoms with Gasteiger partial charge in [-0.3, -0.25) is 4.79 Å². The minimum absolute atomic E-state index is 0.0580. The van der Waals surface area contributed by atoms with Gasteiger partial charge in [-0.25, -0.2) is 0 Å². The first-order chi connectivity index (χ1) is 10.0. The fourth-order valence-corrected chi connectivity index (χ4v) is 3.36. The van der Waals surface area contributed by atoms with Gasteiger partial charge in [0, 0.05) is 21.7 Å².